The molecule has 24 heavy (non-hydrogen) atoms. The zero-order valence-electron chi connectivity index (χ0n) is 14.0. The normalized spacial score (nSPS) is 14.9. The lowest BCUT2D eigenvalue weighted by atomic mass is 9.96. The predicted octanol–water partition coefficient (Wildman–Crippen LogP) is 5.41. The van der Waals surface area contributed by atoms with E-state index in [2.05, 4.69) is 17.6 Å². The molecule has 0 aromatic heterocycles. The summed E-state index contributed by atoms with van der Waals surface area (Å²) in [6.07, 6.45) is 6.37. The first-order valence-electron chi connectivity index (χ1n) is 8.61. The van der Waals surface area contributed by atoms with E-state index in [0.29, 0.717) is 11.2 Å². The van der Waals surface area contributed by atoms with Gasteiger partial charge in [0.05, 0.1) is 0 Å². The third-order valence-electron chi connectivity index (χ3n) is 4.31. The van der Waals surface area contributed by atoms with Gasteiger partial charge in [0.25, 0.3) is 0 Å². The van der Waals surface area contributed by atoms with E-state index in [1.165, 1.54) is 37.7 Å². The molecule has 1 saturated carbocycles. The molecule has 126 valence electrons. The van der Waals surface area contributed by atoms with Crippen LogP contribution in [0.3, 0.4) is 0 Å². The SMILES string of the molecule is Cc1ccc(Oc2ccc(NC(=S)NC3CCCCC3)cc2)cc1. The van der Waals surface area contributed by atoms with Crippen molar-refractivity contribution in [1.29, 1.82) is 0 Å². The molecule has 0 atom stereocenters. The lowest BCUT2D eigenvalue weighted by Gasteiger charge is -2.24. The number of nitrogens with one attached hydrogen (secondary N) is 2. The quantitative estimate of drug-likeness (QED) is 0.730. The van der Waals surface area contributed by atoms with Crippen LogP contribution in [0.2, 0.25) is 0 Å². The minimum atomic E-state index is 0.517. The number of aryl methyl sites for hydroxylation is 1. The molecular formula is C20H24N2OS. The second kappa shape index (κ2) is 8.15. The lowest BCUT2D eigenvalue weighted by molar-refractivity contribution is 0.415. The fourth-order valence-corrected chi connectivity index (χ4v) is 3.23. The molecule has 0 unspecified atom stereocenters. The molecule has 0 bridgehead atoms. The van der Waals surface area contributed by atoms with E-state index in [9.17, 15) is 0 Å². The van der Waals surface area contributed by atoms with Crippen molar-refractivity contribution in [3.63, 3.8) is 0 Å². The summed E-state index contributed by atoms with van der Waals surface area (Å²) in [5, 5.41) is 7.37. The highest BCUT2D eigenvalue weighted by atomic mass is 32.1. The average Bonchev–Trinajstić information content (AvgIpc) is 2.59. The minimum Gasteiger partial charge on any atom is -0.457 e. The van der Waals surface area contributed by atoms with Crippen LogP contribution in [0.25, 0.3) is 0 Å². The topological polar surface area (TPSA) is 33.3 Å². The fourth-order valence-electron chi connectivity index (χ4n) is 2.95. The van der Waals surface area contributed by atoms with Gasteiger partial charge in [0.1, 0.15) is 11.5 Å². The molecule has 0 spiro atoms. The fraction of sp³-hybridized carbons (Fsp3) is 0.350. The maximum Gasteiger partial charge on any atom is 0.170 e. The number of hydrogen-bond acceptors (Lipinski definition) is 2. The van der Waals surface area contributed by atoms with Crippen LogP contribution in [0, 0.1) is 6.92 Å². The van der Waals surface area contributed by atoms with Crippen LogP contribution in [0.5, 0.6) is 11.5 Å². The van der Waals surface area contributed by atoms with Crippen LogP contribution in [0.1, 0.15) is 37.7 Å². The van der Waals surface area contributed by atoms with Gasteiger partial charge in [-0.15, -0.1) is 0 Å². The third kappa shape index (κ3) is 4.96. The Morgan fingerprint density at radius 2 is 1.50 bits per heavy atom. The molecular weight excluding hydrogens is 316 g/mol. The molecule has 3 nitrogen and oxygen atoms in total. The van der Waals surface area contributed by atoms with E-state index in [1.807, 2.05) is 48.5 Å². The van der Waals surface area contributed by atoms with Crippen LogP contribution < -0.4 is 15.4 Å². The molecule has 1 aliphatic rings. The minimum absolute atomic E-state index is 0.517. The molecule has 0 aliphatic heterocycles. The van der Waals surface area contributed by atoms with Crippen molar-refractivity contribution in [3.8, 4) is 11.5 Å². The Labute approximate surface area is 149 Å². The maximum atomic E-state index is 5.84. The number of benzene rings is 2. The summed E-state index contributed by atoms with van der Waals surface area (Å²) in [6, 6.07) is 16.4. The van der Waals surface area contributed by atoms with Gasteiger partial charge in [0, 0.05) is 11.7 Å². The molecule has 0 amide bonds. The number of ether oxygens (including phenoxy) is 1. The molecule has 3 rings (SSSR count). The second-order valence-electron chi connectivity index (χ2n) is 6.37. The lowest BCUT2D eigenvalue weighted by Crippen LogP contribution is -2.38. The van der Waals surface area contributed by atoms with Crippen LogP contribution in [-0.2, 0) is 0 Å². The molecule has 1 fully saturated rings. The molecule has 2 aromatic carbocycles. The van der Waals surface area contributed by atoms with Crippen LogP contribution in [0.15, 0.2) is 48.5 Å². The van der Waals surface area contributed by atoms with Crippen molar-refractivity contribution in [1.82, 2.24) is 5.32 Å². The molecule has 2 aromatic rings. The van der Waals surface area contributed by atoms with Gasteiger partial charge in [0.2, 0.25) is 0 Å². The van der Waals surface area contributed by atoms with Crippen molar-refractivity contribution < 1.29 is 4.74 Å². The third-order valence-corrected chi connectivity index (χ3v) is 4.53. The standard InChI is InChI=1S/C20H24N2OS/c1-15-7-11-18(12-8-15)23-19-13-9-17(10-14-19)22-20(24)21-16-5-3-2-4-6-16/h7-14,16H,2-6H2,1H3,(H2,21,22,24). The van der Waals surface area contributed by atoms with Gasteiger partial charge in [-0.3, -0.25) is 0 Å². The average molecular weight is 340 g/mol. The monoisotopic (exact) mass is 340 g/mol. The first-order chi connectivity index (χ1) is 11.7. The predicted molar refractivity (Wildman–Crippen MR) is 104 cm³/mol. The van der Waals surface area contributed by atoms with Crippen molar-refractivity contribution in [2.24, 2.45) is 0 Å². The Kier molecular flexibility index (Phi) is 5.70. The van der Waals surface area contributed by atoms with Crippen molar-refractivity contribution in [2.75, 3.05) is 5.32 Å². The van der Waals surface area contributed by atoms with E-state index in [1.54, 1.807) is 0 Å². The first-order valence-corrected chi connectivity index (χ1v) is 9.02. The van der Waals surface area contributed by atoms with E-state index in [-0.39, 0.29) is 0 Å². The second-order valence-corrected chi connectivity index (χ2v) is 6.78. The van der Waals surface area contributed by atoms with Gasteiger partial charge in [-0.1, -0.05) is 37.0 Å². The Bertz CT molecular complexity index is 661. The van der Waals surface area contributed by atoms with Gasteiger partial charge in [-0.2, -0.15) is 0 Å². The van der Waals surface area contributed by atoms with E-state index < -0.39 is 0 Å². The van der Waals surface area contributed by atoms with Crippen LogP contribution >= 0.6 is 12.2 Å². The summed E-state index contributed by atoms with van der Waals surface area (Å²) < 4.78 is 5.84. The summed E-state index contributed by atoms with van der Waals surface area (Å²) >= 11 is 5.41. The zero-order chi connectivity index (χ0) is 16.8. The number of anilines is 1. The van der Waals surface area contributed by atoms with Crippen molar-refractivity contribution in [3.05, 3.63) is 54.1 Å². The number of hydrogen-bond donors (Lipinski definition) is 2. The molecule has 0 heterocycles. The zero-order valence-corrected chi connectivity index (χ0v) is 14.9. The summed E-state index contributed by atoms with van der Waals surface area (Å²) in [6.45, 7) is 2.06. The number of thiocarbonyl (C=S) groups is 1. The molecule has 0 saturated heterocycles. The van der Waals surface area contributed by atoms with Gasteiger partial charge < -0.3 is 15.4 Å². The van der Waals surface area contributed by atoms with E-state index in [0.717, 1.165) is 17.2 Å². The molecule has 2 N–H and O–H groups in total. The van der Waals surface area contributed by atoms with Crippen LogP contribution in [0.4, 0.5) is 5.69 Å². The van der Waals surface area contributed by atoms with Crippen molar-refractivity contribution in [2.45, 2.75) is 45.1 Å². The van der Waals surface area contributed by atoms with E-state index >= 15 is 0 Å². The molecule has 4 heteroatoms. The number of rotatable bonds is 4. The summed E-state index contributed by atoms with van der Waals surface area (Å²) in [5.41, 5.74) is 2.19. The first kappa shape index (κ1) is 16.8. The Morgan fingerprint density at radius 1 is 0.917 bits per heavy atom. The molecule has 1 aliphatic carbocycles. The maximum absolute atomic E-state index is 5.84. The van der Waals surface area contributed by atoms with Gasteiger partial charge in [-0.25, -0.2) is 0 Å². The summed E-state index contributed by atoms with van der Waals surface area (Å²) in [7, 11) is 0. The Morgan fingerprint density at radius 3 is 2.12 bits per heavy atom. The van der Waals surface area contributed by atoms with Crippen LogP contribution in [-0.4, -0.2) is 11.2 Å². The summed E-state index contributed by atoms with van der Waals surface area (Å²) in [5.74, 6) is 1.66. The van der Waals surface area contributed by atoms with Gasteiger partial charge in [-0.05, 0) is 68.4 Å². The Balaban J connectivity index is 1.52. The smallest absolute Gasteiger partial charge is 0.170 e. The highest BCUT2D eigenvalue weighted by Crippen LogP contribution is 2.23. The largest absolute Gasteiger partial charge is 0.457 e. The molecule has 0 radical (unpaired) electrons. The summed E-state index contributed by atoms with van der Waals surface area (Å²) in [4.78, 5) is 0. The van der Waals surface area contributed by atoms with Gasteiger partial charge in [0.15, 0.2) is 5.11 Å². The Hall–Kier alpha value is -2.07. The van der Waals surface area contributed by atoms with Gasteiger partial charge >= 0.3 is 0 Å². The van der Waals surface area contributed by atoms with Crippen molar-refractivity contribution >= 4 is 23.0 Å². The highest BCUT2D eigenvalue weighted by molar-refractivity contribution is 7.80. The highest BCUT2D eigenvalue weighted by Gasteiger charge is 2.13. The van der Waals surface area contributed by atoms with E-state index in [4.69, 9.17) is 17.0 Å².